The average Bonchev–Trinajstić information content (AvgIpc) is 3.04. The first-order valence-electron chi connectivity index (χ1n) is 7.12. The van der Waals surface area contributed by atoms with E-state index in [1.54, 1.807) is 7.11 Å². The van der Waals surface area contributed by atoms with Gasteiger partial charge in [-0.15, -0.1) is 0 Å². The highest BCUT2D eigenvalue weighted by Gasteiger charge is 2.29. The lowest BCUT2D eigenvalue weighted by molar-refractivity contribution is -0.128. The smallest absolute Gasteiger partial charge is 0.223 e. The number of hydrogen-bond donors (Lipinski definition) is 1. The molecule has 0 aliphatic carbocycles. The van der Waals surface area contributed by atoms with E-state index in [9.17, 15) is 4.79 Å². The molecule has 1 amide bonds. The van der Waals surface area contributed by atoms with Gasteiger partial charge < -0.3 is 14.5 Å². The van der Waals surface area contributed by atoms with Gasteiger partial charge in [-0.2, -0.15) is 5.10 Å². The van der Waals surface area contributed by atoms with E-state index in [0.717, 1.165) is 26.1 Å². The van der Waals surface area contributed by atoms with Crippen LogP contribution in [0.1, 0.15) is 12.0 Å². The van der Waals surface area contributed by atoms with Gasteiger partial charge in [-0.05, 0) is 24.9 Å². The second-order valence-electron chi connectivity index (χ2n) is 5.52. The van der Waals surface area contributed by atoms with E-state index >= 15 is 0 Å². The van der Waals surface area contributed by atoms with Gasteiger partial charge in [0, 0.05) is 45.9 Å². The number of nitrogens with zero attached hydrogens (tertiary/aromatic N) is 3. The van der Waals surface area contributed by atoms with Crippen molar-refractivity contribution in [2.45, 2.75) is 12.8 Å². The van der Waals surface area contributed by atoms with Gasteiger partial charge >= 0.3 is 0 Å². The minimum atomic E-state index is 0.260. The fourth-order valence-electron chi connectivity index (χ4n) is 2.66. The zero-order chi connectivity index (χ0) is 14.4. The van der Waals surface area contributed by atoms with Crippen molar-refractivity contribution in [3.05, 3.63) is 18.0 Å². The van der Waals surface area contributed by atoms with Crippen LogP contribution in [0.4, 0.5) is 0 Å². The third-order valence-electron chi connectivity index (χ3n) is 3.77. The molecule has 6 heteroatoms. The number of likely N-dealkylation sites (tertiary alicyclic amines) is 1. The Hall–Kier alpha value is -1.40. The Bertz CT molecular complexity index is 407. The molecule has 0 aromatic carbocycles. The van der Waals surface area contributed by atoms with Crippen molar-refractivity contribution >= 4 is 5.91 Å². The summed E-state index contributed by atoms with van der Waals surface area (Å²) in [6.07, 6.45) is 5.44. The van der Waals surface area contributed by atoms with Crippen LogP contribution in [0.3, 0.4) is 0 Å². The SMILES string of the molecule is COCCN1C[C@H](CN(C)CCc2cn[nH]c2)CC1=O. The number of carbonyl (C=O) groups is 1. The lowest BCUT2D eigenvalue weighted by Crippen LogP contribution is -2.31. The second-order valence-corrected chi connectivity index (χ2v) is 5.52. The highest BCUT2D eigenvalue weighted by molar-refractivity contribution is 5.78. The summed E-state index contributed by atoms with van der Waals surface area (Å²) in [4.78, 5) is 16.1. The van der Waals surface area contributed by atoms with E-state index in [0.29, 0.717) is 25.5 Å². The summed E-state index contributed by atoms with van der Waals surface area (Å²) in [6.45, 7) is 4.15. The second kappa shape index (κ2) is 7.40. The molecular formula is C14H24N4O2. The summed E-state index contributed by atoms with van der Waals surface area (Å²) in [5, 5.41) is 6.77. The molecule has 2 rings (SSSR count). The standard InChI is InChI=1S/C14H24N4O2/c1-17(4-3-12-8-15-16-9-12)10-13-7-14(19)18(11-13)5-6-20-2/h8-9,13H,3-7,10-11H2,1-2H3,(H,15,16)/t13-/m0/s1. The number of nitrogens with one attached hydrogen (secondary N) is 1. The molecule has 0 unspecified atom stereocenters. The van der Waals surface area contributed by atoms with Crippen LogP contribution >= 0.6 is 0 Å². The maximum absolute atomic E-state index is 11.9. The number of methoxy groups -OCH3 is 1. The van der Waals surface area contributed by atoms with Gasteiger partial charge in [0.05, 0.1) is 12.8 Å². The number of aromatic nitrogens is 2. The first kappa shape index (κ1) is 15.0. The van der Waals surface area contributed by atoms with Gasteiger partial charge in [0.25, 0.3) is 0 Å². The highest BCUT2D eigenvalue weighted by atomic mass is 16.5. The molecule has 1 saturated heterocycles. The predicted octanol–water partition coefficient (Wildman–Crippen LogP) is 0.379. The van der Waals surface area contributed by atoms with E-state index in [4.69, 9.17) is 4.74 Å². The summed E-state index contributed by atoms with van der Waals surface area (Å²) in [7, 11) is 3.78. The Morgan fingerprint density at radius 3 is 3.15 bits per heavy atom. The van der Waals surface area contributed by atoms with Crippen LogP contribution in [-0.2, 0) is 16.0 Å². The molecule has 1 fully saturated rings. The van der Waals surface area contributed by atoms with Gasteiger partial charge in [0.1, 0.15) is 0 Å². The number of H-pyrrole nitrogens is 1. The molecule has 1 N–H and O–H groups in total. The third kappa shape index (κ3) is 4.31. The number of rotatable bonds is 8. The number of amides is 1. The van der Waals surface area contributed by atoms with Crippen molar-refractivity contribution in [1.29, 1.82) is 0 Å². The van der Waals surface area contributed by atoms with Gasteiger partial charge in [-0.3, -0.25) is 9.89 Å². The van der Waals surface area contributed by atoms with E-state index < -0.39 is 0 Å². The van der Waals surface area contributed by atoms with E-state index in [1.165, 1.54) is 5.56 Å². The van der Waals surface area contributed by atoms with Crippen LogP contribution in [0.2, 0.25) is 0 Å². The van der Waals surface area contributed by atoms with Crippen molar-refractivity contribution in [1.82, 2.24) is 20.0 Å². The average molecular weight is 280 g/mol. The van der Waals surface area contributed by atoms with Gasteiger partial charge in [0.15, 0.2) is 0 Å². The van der Waals surface area contributed by atoms with Crippen molar-refractivity contribution < 1.29 is 9.53 Å². The fraction of sp³-hybridized carbons (Fsp3) is 0.714. The summed E-state index contributed by atoms with van der Waals surface area (Å²) in [6, 6.07) is 0. The van der Waals surface area contributed by atoms with Crippen molar-refractivity contribution in [3.8, 4) is 0 Å². The molecule has 20 heavy (non-hydrogen) atoms. The summed E-state index contributed by atoms with van der Waals surface area (Å²) in [5.74, 6) is 0.698. The van der Waals surface area contributed by atoms with Crippen LogP contribution in [0, 0.1) is 5.92 Å². The molecule has 6 nitrogen and oxygen atoms in total. The summed E-state index contributed by atoms with van der Waals surface area (Å²) >= 11 is 0. The lowest BCUT2D eigenvalue weighted by atomic mass is 10.1. The number of aromatic amines is 1. The molecule has 112 valence electrons. The highest BCUT2D eigenvalue weighted by Crippen LogP contribution is 2.18. The van der Waals surface area contributed by atoms with Crippen molar-refractivity contribution in [2.75, 3.05) is 46.9 Å². The molecule has 0 bridgehead atoms. The quantitative estimate of drug-likeness (QED) is 0.748. The Morgan fingerprint density at radius 1 is 1.60 bits per heavy atom. The molecule has 0 saturated carbocycles. The van der Waals surface area contributed by atoms with Crippen LogP contribution in [0.15, 0.2) is 12.4 Å². The molecule has 1 atom stereocenters. The monoisotopic (exact) mass is 280 g/mol. The Labute approximate surface area is 120 Å². The number of carbonyl (C=O) groups excluding carboxylic acids is 1. The van der Waals surface area contributed by atoms with Crippen LogP contribution in [0.25, 0.3) is 0 Å². The summed E-state index contributed by atoms with van der Waals surface area (Å²) in [5.41, 5.74) is 1.22. The van der Waals surface area contributed by atoms with Crippen molar-refractivity contribution in [2.24, 2.45) is 5.92 Å². The molecular weight excluding hydrogens is 256 g/mol. The van der Waals surface area contributed by atoms with Crippen molar-refractivity contribution in [3.63, 3.8) is 0 Å². The topological polar surface area (TPSA) is 61.5 Å². The zero-order valence-corrected chi connectivity index (χ0v) is 12.3. The predicted molar refractivity (Wildman–Crippen MR) is 76.4 cm³/mol. The Kier molecular flexibility index (Phi) is 5.55. The third-order valence-corrected chi connectivity index (χ3v) is 3.77. The van der Waals surface area contributed by atoms with Gasteiger partial charge in [-0.25, -0.2) is 0 Å². The van der Waals surface area contributed by atoms with Gasteiger partial charge in [0.2, 0.25) is 5.91 Å². The van der Waals surface area contributed by atoms with Crippen LogP contribution in [0.5, 0.6) is 0 Å². The minimum Gasteiger partial charge on any atom is -0.383 e. The minimum absolute atomic E-state index is 0.260. The normalized spacial score (nSPS) is 19.2. The molecule has 2 heterocycles. The van der Waals surface area contributed by atoms with E-state index in [-0.39, 0.29) is 5.91 Å². The first-order chi connectivity index (χ1) is 9.69. The summed E-state index contributed by atoms with van der Waals surface area (Å²) < 4.78 is 5.04. The largest absolute Gasteiger partial charge is 0.383 e. The molecule has 0 radical (unpaired) electrons. The van der Waals surface area contributed by atoms with Crippen LogP contribution < -0.4 is 0 Å². The fourth-order valence-corrected chi connectivity index (χ4v) is 2.66. The van der Waals surface area contributed by atoms with E-state index in [1.807, 2.05) is 17.3 Å². The maximum Gasteiger partial charge on any atom is 0.223 e. The molecule has 1 aliphatic rings. The number of ether oxygens (including phenoxy) is 1. The van der Waals surface area contributed by atoms with E-state index in [2.05, 4.69) is 22.1 Å². The Morgan fingerprint density at radius 2 is 2.45 bits per heavy atom. The molecule has 0 spiro atoms. The Balaban J connectivity index is 1.69. The first-order valence-corrected chi connectivity index (χ1v) is 7.12. The van der Waals surface area contributed by atoms with Crippen LogP contribution in [-0.4, -0.2) is 72.8 Å². The molecule has 1 aromatic rings. The molecule has 1 aromatic heterocycles. The number of likely N-dealkylation sites (N-methyl/N-ethyl adjacent to an activating group) is 1. The zero-order valence-electron chi connectivity index (χ0n) is 12.3. The number of hydrogen-bond acceptors (Lipinski definition) is 4. The maximum atomic E-state index is 11.9. The lowest BCUT2D eigenvalue weighted by Gasteiger charge is -2.21. The van der Waals surface area contributed by atoms with Gasteiger partial charge in [-0.1, -0.05) is 0 Å². The molecule has 1 aliphatic heterocycles.